The SMILES string of the molecule is CCCCC(CCC)CNC(=NC)NCc1ccon1. The number of aliphatic imine (C=N–C) groups is 1. The number of nitrogens with one attached hydrogen (secondary N) is 2. The van der Waals surface area contributed by atoms with Gasteiger partial charge in [-0.1, -0.05) is 38.3 Å². The molecule has 2 N–H and O–H groups in total. The molecule has 0 radical (unpaired) electrons. The lowest BCUT2D eigenvalue weighted by Crippen LogP contribution is -2.39. The maximum Gasteiger partial charge on any atom is 0.191 e. The minimum absolute atomic E-state index is 0.629. The molecule has 1 unspecified atom stereocenters. The van der Waals surface area contributed by atoms with Crippen molar-refractivity contribution in [3.05, 3.63) is 18.0 Å². The second-order valence-corrected chi connectivity index (χ2v) is 5.09. The lowest BCUT2D eigenvalue weighted by molar-refractivity contribution is 0.410. The van der Waals surface area contributed by atoms with E-state index in [1.165, 1.54) is 32.1 Å². The number of hydrogen-bond donors (Lipinski definition) is 2. The summed E-state index contributed by atoms with van der Waals surface area (Å²) in [5.74, 6) is 1.55. The average molecular weight is 280 g/mol. The summed E-state index contributed by atoms with van der Waals surface area (Å²) < 4.78 is 4.80. The maximum atomic E-state index is 4.80. The molecule has 0 saturated carbocycles. The number of hydrogen-bond acceptors (Lipinski definition) is 3. The molecule has 1 atom stereocenters. The summed E-state index contributed by atoms with van der Waals surface area (Å²) in [5.41, 5.74) is 0.879. The van der Waals surface area contributed by atoms with Gasteiger partial charge in [-0.3, -0.25) is 4.99 Å². The van der Waals surface area contributed by atoms with Crippen LogP contribution in [0, 0.1) is 5.92 Å². The van der Waals surface area contributed by atoms with Crippen LogP contribution in [0.25, 0.3) is 0 Å². The van der Waals surface area contributed by atoms with Crippen LogP contribution >= 0.6 is 0 Å². The molecular formula is C15H28N4O. The normalized spacial score (nSPS) is 13.2. The first-order chi connectivity index (χ1) is 9.80. The fourth-order valence-corrected chi connectivity index (χ4v) is 2.21. The van der Waals surface area contributed by atoms with Gasteiger partial charge in [0, 0.05) is 19.7 Å². The quantitative estimate of drug-likeness (QED) is 0.539. The fourth-order valence-electron chi connectivity index (χ4n) is 2.21. The second kappa shape index (κ2) is 10.3. The molecule has 1 rings (SSSR count). The van der Waals surface area contributed by atoms with Crippen LogP contribution in [0.5, 0.6) is 0 Å². The van der Waals surface area contributed by atoms with E-state index in [2.05, 4.69) is 34.6 Å². The first kappa shape index (κ1) is 16.5. The predicted octanol–water partition coefficient (Wildman–Crippen LogP) is 2.95. The van der Waals surface area contributed by atoms with Crippen LogP contribution < -0.4 is 10.6 Å². The number of aromatic nitrogens is 1. The van der Waals surface area contributed by atoms with Crippen molar-refractivity contribution in [2.45, 2.75) is 52.5 Å². The predicted molar refractivity (Wildman–Crippen MR) is 82.6 cm³/mol. The summed E-state index contributed by atoms with van der Waals surface area (Å²) in [5, 5.41) is 10.5. The molecule has 20 heavy (non-hydrogen) atoms. The van der Waals surface area contributed by atoms with E-state index in [1.807, 2.05) is 6.07 Å². The van der Waals surface area contributed by atoms with Crippen LogP contribution in [-0.4, -0.2) is 24.7 Å². The van der Waals surface area contributed by atoms with E-state index in [4.69, 9.17) is 4.52 Å². The molecule has 0 bridgehead atoms. The molecule has 0 aromatic carbocycles. The Hall–Kier alpha value is -1.52. The number of nitrogens with zero attached hydrogens (tertiary/aromatic N) is 2. The highest BCUT2D eigenvalue weighted by Gasteiger charge is 2.08. The minimum atomic E-state index is 0.629. The number of rotatable bonds is 9. The summed E-state index contributed by atoms with van der Waals surface area (Å²) in [7, 11) is 1.79. The van der Waals surface area contributed by atoms with E-state index in [-0.39, 0.29) is 0 Å². The minimum Gasteiger partial charge on any atom is -0.364 e. The van der Waals surface area contributed by atoms with Crippen LogP contribution in [0.2, 0.25) is 0 Å². The molecule has 5 heteroatoms. The Labute approximate surface area is 122 Å². The van der Waals surface area contributed by atoms with Gasteiger partial charge in [0.15, 0.2) is 5.96 Å². The fraction of sp³-hybridized carbons (Fsp3) is 0.733. The van der Waals surface area contributed by atoms with Crippen molar-refractivity contribution < 1.29 is 4.52 Å². The maximum absolute atomic E-state index is 4.80. The molecule has 114 valence electrons. The molecule has 0 saturated heterocycles. The van der Waals surface area contributed by atoms with Crippen molar-refractivity contribution in [2.75, 3.05) is 13.6 Å². The van der Waals surface area contributed by atoms with E-state index in [0.29, 0.717) is 6.54 Å². The van der Waals surface area contributed by atoms with Crippen molar-refractivity contribution in [3.8, 4) is 0 Å². The Balaban J connectivity index is 2.31. The molecule has 1 aromatic rings. The molecule has 0 fully saturated rings. The summed E-state index contributed by atoms with van der Waals surface area (Å²) in [6.07, 6.45) is 7.94. The zero-order chi connectivity index (χ0) is 14.6. The second-order valence-electron chi connectivity index (χ2n) is 5.09. The lowest BCUT2D eigenvalue weighted by atomic mass is 9.97. The van der Waals surface area contributed by atoms with Crippen LogP contribution in [0.1, 0.15) is 51.6 Å². The molecule has 5 nitrogen and oxygen atoms in total. The van der Waals surface area contributed by atoms with Gasteiger partial charge in [0.05, 0.1) is 6.54 Å². The van der Waals surface area contributed by atoms with Gasteiger partial charge < -0.3 is 15.2 Å². The van der Waals surface area contributed by atoms with Gasteiger partial charge in [-0.05, 0) is 18.8 Å². The summed E-state index contributed by atoms with van der Waals surface area (Å²) in [6, 6.07) is 1.85. The van der Waals surface area contributed by atoms with Crippen LogP contribution in [0.3, 0.4) is 0 Å². The van der Waals surface area contributed by atoms with E-state index < -0.39 is 0 Å². The van der Waals surface area contributed by atoms with Gasteiger partial charge in [-0.15, -0.1) is 0 Å². The van der Waals surface area contributed by atoms with E-state index >= 15 is 0 Å². The highest BCUT2D eigenvalue weighted by Crippen LogP contribution is 2.13. The molecule has 1 heterocycles. The Morgan fingerprint density at radius 1 is 1.30 bits per heavy atom. The van der Waals surface area contributed by atoms with Crippen LogP contribution in [-0.2, 0) is 6.54 Å². The third-order valence-electron chi connectivity index (χ3n) is 3.37. The average Bonchev–Trinajstić information content (AvgIpc) is 2.98. The van der Waals surface area contributed by atoms with E-state index in [0.717, 1.165) is 24.1 Å². The standard InChI is InChI=1S/C15H28N4O/c1-4-6-8-13(7-5-2)11-17-15(16-3)18-12-14-9-10-20-19-14/h9-10,13H,4-8,11-12H2,1-3H3,(H2,16,17,18). The van der Waals surface area contributed by atoms with Crippen molar-refractivity contribution in [2.24, 2.45) is 10.9 Å². The van der Waals surface area contributed by atoms with Gasteiger partial charge in [0.2, 0.25) is 0 Å². The molecule has 0 spiro atoms. The molecule has 1 aromatic heterocycles. The lowest BCUT2D eigenvalue weighted by Gasteiger charge is -2.18. The topological polar surface area (TPSA) is 62.5 Å². The van der Waals surface area contributed by atoms with Crippen molar-refractivity contribution in [1.82, 2.24) is 15.8 Å². The Morgan fingerprint density at radius 3 is 2.75 bits per heavy atom. The van der Waals surface area contributed by atoms with Crippen LogP contribution in [0.15, 0.2) is 21.8 Å². The van der Waals surface area contributed by atoms with Crippen molar-refractivity contribution >= 4 is 5.96 Å². The number of unbranched alkanes of at least 4 members (excludes halogenated alkanes) is 1. The molecule has 0 amide bonds. The first-order valence-electron chi connectivity index (χ1n) is 7.63. The monoisotopic (exact) mass is 280 g/mol. The highest BCUT2D eigenvalue weighted by molar-refractivity contribution is 5.79. The summed E-state index contributed by atoms with van der Waals surface area (Å²) in [6.45, 7) is 6.10. The van der Waals surface area contributed by atoms with Gasteiger partial charge in [0.1, 0.15) is 12.0 Å². The number of guanidine groups is 1. The molecule has 0 aliphatic rings. The van der Waals surface area contributed by atoms with Gasteiger partial charge in [-0.25, -0.2) is 0 Å². The summed E-state index contributed by atoms with van der Waals surface area (Å²) >= 11 is 0. The highest BCUT2D eigenvalue weighted by atomic mass is 16.5. The zero-order valence-electron chi connectivity index (χ0n) is 13.0. The molecular weight excluding hydrogens is 252 g/mol. The first-order valence-corrected chi connectivity index (χ1v) is 7.63. The Morgan fingerprint density at radius 2 is 2.15 bits per heavy atom. The Kier molecular flexibility index (Phi) is 8.51. The van der Waals surface area contributed by atoms with Gasteiger partial charge in [0.25, 0.3) is 0 Å². The van der Waals surface area contributed by atoms with Gasteiger partial charge in [-0.2, -0.15) is 0 Å². The summed E-state index contributed by atoms with van der Waals surface area (Å²) in [4.78, 5) is 4.24. The third-order valence-corrected chi connectivity index (χ3v) is 3.37. The van der Waals surface area contributed by atoms with E-state index in [9.17, 15) is 0 Å². The van der Waals surface area contributed by atoms with Crippen LogP contribution in [0.4, 0.5) is 0 Å². The largest absolute Gasteiger partial charge is 0.364 e. The van der Waals surface area contributed by atoms with Crippen molar-refractivity contribution in [1.29, 1.82) is 0 Å². The molecule has 0 aliphatic heterocycles. The molecule has 0 aliphatic carbocycles. The van der Waals surface area contributed by atoms with Gasteiger partial charge >= 0.3 is 0 Å². The van der Waals surface area contributed by atoms with Crippen molar-refractivity contribution in [3.63, 3.8) is 0 Å². The zero-order valence-corrected chi connectivity index (χ0v) is 13.0. The smallest absolute Gasteiger partial charge is 0.191 e. The Bertz CT molecular complexity index is 362. The third kappa shape index (κ3) is 6.59. The van der Waals surface area contributed by atoms with E-state index in [1.54, 1.807) is 13.3 Å².